The van der Waals surface area contributed by atoms with E-state index in [0.717, 1.165) is 5.56 Å². The number of ether oxygens (including phenoxy) is 1. The highest BCUT2D eigenvalue weighted by molar-refractivity contribution is 5.96. The zero-order valence-corrected chi connectivity index (χ0v) is 12.1. The Hall–Kier alpha value is -2.24. The number of benzene rings is 1. The number of fused-ring (bicyclic) bond motifs is 3. The summed E-state index contributed by atoms with van der Waals surface area (Å²) in [6.07, 6.45) is -0.896. The van der Waals surface area contributed by atoms with Crippen molar-refractivity contribution >= 4 is 12.0 Å². The van der Waals surface area contributed by atoms with Crippen LogP contribution in [0.4, 0.5) is 4.79 Å². The monoisotopic (exact) mass is 290 g/mol. The fourth-order valence-corrected chi connectivity index (χ4v) is 3.38. The maximum atomic E-state index is 12.5. The van der Waals surface area contributed by atoms with Crippen LogP contribution in [0.25, 0.3) is 0 Å². The lowest BCUT2D eigenvalue weighted by molar-refractivity contribution is 0.0781. The van der Waals surface area contributed by atoms with E-state index in [-0.39, 0.29) is 17.7 Å². The quantitative estimate of drug-likeness (QED) is 0.850. The van der Waals surface area contributed by atoms with Crippen molar-refractivity contribution < 1.29 is 19.4 Å². The van der Waals surface area contributed by atoms with Crippen molar-refractivity contribution in [2.75, 3.05) is 33.8 Å². The fraction of sp³-hybridized carbons (Fsp3) is 0.467. The van der Waals surface area contributed by atoms with Gasteiger partial charge in [-0.15, -0.1) is 0 Å². The standard InChI is InChI=1S/C15H18N2O4/c1-16-6-9-7-17(15(19)20)8-13(9)11-4-3-10(21-2)5-12(11)14(16)18/h3-5,9,13H,6-8H2,1-2H3,(H,19,20). The Morgan fingerprint density at radius 3 is 2.76 bits per heavy atom. The highest BCUT2D eigenvalue weighted by Crippen LogP contribution is 2.38. The van der Waals surface area contributed by atoms with E-state index in [9.17, 15) is 14.7 Å². The lowest BCUT2D eigenvalue weighted by Gasteiger charge is -2.19. The van der Waals surface area contributed by atoms with E-state index < -0.39 is 6.09 Å². The summed E-state index contributed by atoms with van der Waals surface area (Å²) < 4.78 is 5.20. The van der Waals surface area contributed by atoms with E-state index in [0.29, 0.717) is 30.9 Å². The van der Waals surface area contributed by atoms with Crippen LogP contribution in [0.3, 0.4) is 0 Å². The van der Waals surface area contributed by atoms with E-state index in [1.165, 1.54) is 4.90 Å². The minimum absolute atomic E-state index is 0.0276. The lowest BCUT2D eigenvalue weighted by Crippen LogP contribution is -2.33. The van der Waals surface area contributed by atoms with Crippen LogP contribution in [-0.4, -0.2) is 60.7 Å². The number of carbonyl (C=O) groups is 2. The molecular formula is C15H18N2O4. The highest BCUT2D eigenvalue weighted by Gasteiger charge is 2.41. The summed E-state index contributed by atoms with van der Waals surface area (Å²) in [5.74, 6) is 0.822. The summed E-state index contributed by atoms with van der Waals surface area (Å²) in [4.78, 5) is 26.8. The molecule has 3 rings (SSSR count). The topological polar surface area (TPSA) is 70.1 Å². The molecule has 2 unspecified atom stereocenters. The normalized spacial score (nSPS) is 24.4. The third-order valence-corrected chi connectivity index (χ3v) is 4.46. The molecule has 112 valence electrons. The van der Waals surface area contributed by atoms with Gasteiger partial charge in [0.2, 0.25) is 0 Å². The molecular weight excluding hydrogens is 272 g/mol. The SMILES string of the molecule is COc1ccc2c(c1)C(=O)N(C)CC1CN(C(=O)O)CC21. The molecule has 1 aromatic rings. The van der Waals surface area contributed by atoms with Crippen LogP contribution in [-0.2, 0) is 0 Å². The number of hydrogen-bond acceptors (Lipinski definition) is 3. The van der Waals surface area contributed by atoms with Crippen LogP contribution in [0.15, 0.2) is 18.2 Å². The van der Waals surface area contributed by atoms with Gasteiger partial charge in [0, 0.05) is 44.1 Å². The summed E-state index contributed by atoms with van der Waals surface area (Å²) in [6, 6.07) is 5.48. The molecule has 21 heavy (non-hydrogen) atoms. The van der Waals surface area contributed by atoms with Crippen LogP contribution < -0.4 is 4.74 Å². The molecule has 0 spiro atoms. The molecule has 0 radical (unpaired) electrons. The minimum atomic E-state index is -0.896. The van der Waals surface area contributed by atoms with E-state index >= 15 is 0 Å². The first-order valence-electron chi connectivity index (χ1n) is 6.92. The van der Waals surface area contributed by atoms with Crippen molar-refractivity contribution in [3.05, 3.63) is 29.3 Å². The van der Waals surface area contributed by atoms with Crippen LogP contribution in [0, 0.1) is 5.92 Å². The van der Waals surface area contributed by atoms with E-state index in [2.05, 4.69) is 0 Å². The average Bonchev–Trinajstić information content (AvgIpc) is 2.86. The molecule has 2 heterocycles. The van der Waals surface area contributed by atoms with Gasteiger partial charge >= 0.3 is 6.09 Å². The molecule has 1 saturated heterocycles. The van der Waals surface area contributed by atoms with Crippen LogP contribution >= 0.6 is 0 Å². The third kappa shape index (κ3) is 2.20. The molecule has 2 atom stereocenters. The molecule has 0 aromatic heterocycles. The maximum absolute atomic E-state index is 12.5. The third-order valence-electron chi connectivity index (χ3n) is 4.46. The molecule has 0 bridgehead atoms. The first-order valence-corrected chi connectivity index (χ1v) is 6.92. The fourth-order valence-electron chi connectivity index (χ4n) is 3.38. The Morgan fingerprint density at radius 1 is 1.33 bits per heavy atom. The highest BCUT2D eigenvalue weighted by atomic mass is 16.5. The van der Waals surface area contributed by atoms with Gasteiger partial charge in [0.05, 0.1) is 7.11 Å². The molecule has 2 amide bonds. The molecule has 2 aliphatic heterocycles. The van der Waals surface area contributed by atoms with Crippen molar-refractivity contribution in [1.29, 1.82) is 0 Å². The van der Waals surface area contributed by atoms with Crippen LogP contribution in [0.2, 0.25) is 0 Å². The molecule has 1 N–H and O–H groups in total. The number of rotatable bonds is 1. The van der Waals surface area contributed by atoms with Crippen molar-refractivity contribution in [1.82, 2.24) is 9.80 Å². The number of nitrogens with zero attached hydrogens (tertiary/aromatic N) is 2. The Bertz CT molecular complexity index is 601. The molecule has 6 heteroatoms. The van der Waals surface area contributed by atoms with E-state index in [1.54, 1.807) is 25.1 Å². The zero-order chi connectivity index (χ0) is 15.1. The van der Waals surface area contributed by atoms with Crippen molar-refractivity contribution in [3.63, 3.8) is 0 Å². The maximum Gasteiger partial charge on any atom is 0.407 e. The predicted molar refractivity (Wildman–Crippen MR) is 75.8 cm³/mol. The predicted octanol–water partition coefficient (Wildman–Crippen LogP) is 1.47. The number of carbonyl (C=O) groups excluding carboxylic acids is 1. The second-order valence-corrected chi connectivity index (χ2v) is 5.69. The number of methoxy groups -OCH3 is 1. The van der Waals surface area contributed by atoms with Crippen LogP contribution in [0.1, 0.15) is 21.8 Å². The minimum Gasteiger partial charge on any atom is -0.497 e. The zero-order valence-electron chi connectivity index (χ0n) is 12.1. The molecule has 0 aliphatic carbocycles. The second kappa shape index (κ2) is 4.95. The Balaban J connectivity index is 2.05. The first-order chi connectivity index (χ1) is 10.0. The second-order valence-electron chi connectivity index (χ2n) is 5.69. The summed E-state index contributed by atoms with van der Waals surface area (Å²) >= 11 is 0. The van der Waals surface area contributed by atoms with Gasteiger partial charge in [0.15, 0.2) is 0 Å². The van der Waals surface area contributed by atoms with Gasteiger partial charge in [-0.05, 0) is 17.7 Å². The summed E-state index contributed by atoms with van der Waals surface area (Å²) in [6.45, 7) is 1.49. The smallest absolute Gasteiger partial charge is 0.407 e. The van der Waals surface area contributed by atoms with Gasteiger partial charge in [-0.25, -0.2) is 4.79 Å². The number of amides is 2. The van der Waals surface area contributed by atoms with Gasteiger partial charge in [-0.2, -0.15) is 0 Å². The van der Waals surface area contributed by atoms with Gasteiger partial charge in [0.1, 0.15) is 5.75 Å². The molecule has 1 aromatic carbocycles. The summed E-state index contributed by atoms with van der Waals surface area (Å²) in [5.41, 5.74) is 1.55. The molecule has 6 nitrogen and oxygen atoms in total. The van der Waals surface area contributed by atoms with Gasteiger partial charge in [0.25, 0.3) is 5.91 Å². The van der Waals surface area contributed by atoms with Crippen molar-refractivity contribution in [2.24, 2.45) is 5.92 Å². The largest absolute Gasteiger partial charge is 0.497 e. The number of hydrogen-bond donors (Lipinski definition) is 1. The van der Waals surface area contributed by atoms with Crippen molar-refractivity contribution in [3.8, 4) is 5.75 Å². The number of likely N-dealkylation sites (tertiary alicyclic amines) is 1. The Morgan fingerprint density at radius 2 is 2.10 bits per heavy atom. The number of carboxylic acid groups (broad SMARTS) is 1. The average molecular weight is 290 g/mol. The summed E-state index contributed by atoms with van der Waals surface area (Å²) in [7, 11) is 3.33. The molecule has 2 aliphatic rings. The van der Waals surface area contributed by atoms with Crippen LogP contribution in [0.5, 0.6) is 5.75 Å². The van der Waals surface area contributed by atoms with Crippen molar-refractivity contribution in [2.45, 2.75) is 5.92 Å². The van der Waals surface area contributed by atoms with E-state index in [1.807, 2.05) is 12.1 Å². The Kier molecular flexibility index (Phi) is 3.23. The first kappa shape index (κ1) is 13.7. The van der Waals surface area contributed by atoms with Gasteiger partial charge in [-0.1, -0.05) is 6.07 Å². The van der Waals surface area contributed by atoms with Gasteiger partial charge < -0.3 is 19.6 Å². The lowest BCUT2D eigenvalue weighted by atomic mass is 9.87. The molecule has 1 fully saturated rings. The summed E-state index contributed by atoms with van der Waals surface area (Å²) in [5, 5.41) is 9.20. The van der Waals surface area contributed by atoms with Gasteiger partial charge in [-0.3, -0.25) is 4.79 Å². The van der Waals surface area contributed by atoms with E-state index in [4.69, 9.17) is 4.74 Å². The molecule has 0 saturated carbocycles. The Labute approximate surface area is 122 Å².